The lowest BCUT2D eigenvalue weighted by atomic mass is 10.1. The lowest BCUT2D eigenvalue weighted by Gasteiger charge is -2.21. The van der Waals surface area contributed by atoms with Gasteiger partial charge in [-0.2, -0.15) is 0 Å². The molecule has 0 aliphatic carbocycles. The molecule has 6 heteroatoms. The molecule has 0 fully saturated rings. The maximum absolute atomic E-state index is 10.5. The van der Waals surface area contributed by atoms with Gasteiger partial charge in [0, 0.05) is 18.2 Å². The quantitative estimate of drug-likeness (QED) is 0.537. The average molecular weight is 390 g/mol. The first-order chi connectivity index (χ1) is 13.0. The number of nitrogens with two attached hydrogens (primary N) is 1. The number of nitrogens with zero attached hydrogens (tertiary/aromatic N) is 3. The van der Waals surface area contributed by atoms with E-state index in [0.29, 0.717) is 12.4 Å². The van der Waals surface area contributed by atoms with Gasteiger partial charge in [-0.25, -0.2) is 9.97 Å². The van der Waals surface area contributed by atoms with Crippen molar-refractivity contribution in [2.75, 3.05) is 12.3 Å². The number of aromatic nitrogens is 3. The molecule has 2 heterocycles. The molecule has 28 heavy (non-hydrogen) atoms. The molecule has 0 saturated carbocycles. The van der Waals surface area contributed by atoms with E-state index in [0.717, 1.165) is 61.9 Å². The fraction of sp³-hybridized carbons (Fsp3) is 0.727. The number of anilines is 1. The third-order valence-corrected chi connectivity index (χ3v) is 4.78. The second-order valence-electron chi connectivity index (χ2n) is 9.53. The van der Waals surface area contributed by atoms with E-state index in [1.165, 1.54) is 5.56 Å². The Hall–Kier alpha value is -1.66. The van der Waals surface area contributed by atoms with Gasteiger partial charge in [-0.3, -0.25) is 0 Å². The lowest BCUT2D eigenvalue weighted by Crippen LogP contribution is -2.36. The molecule has 0 bridgehead atoms. The normalized spacial score (nSPS) is 12.8. The summed E-state index contributed by atoms with van der Waals surface area (Å²) >= 11 is 0. The topological polar surface area (TPSA) is 89.0 Å². The molecule has 0 saturated heterocycles. The number of hydrogen-bond acceptors (Lipinski definition) is 5. The van der Waals surface area contributed by atoms with Crippen molar-refractivity contribution in [1.82, 2.24) is 19.9 Å². The fourth-order valence-corrected chi connectivity index (χ4v) is 3.44. The highest BCUT2D eigenvalue weighted by Gasteiger charge is 2.22. The van der Waals surface area contributed by atoms with Gasteiger partial charge in [0.15, 0.2) is 5.82 Å². The van der Waals surface area contributed by atoms with E-state index in [9.17, 15) is 5.11 Å². The van der Waals surface area contributed by atoms with Crippen LogP contribution in [0.4, 0.5) is 5.82 Å². The summed E-state index contributed by atoms with van der Waals surface area (Å²) in [6, 6.07) is 0. The third kappa shape index (κ3) is 6.45. The summed E-state index contributed by atoms with van der Waals surface area (Å²) in [5.74, 6) is 1.47. The first-order valence-corrected chi connectivity index (χ1v) is 10.6. The van der Waals surface area contributed by atoms with Gasteiger partial charge >= 0.3 is 0 Å². The van der Waals surface area contributed by atoms with Crippen molar-refractivity contribution in [3.8, 4) is 0 Å². The molecule has 6 nitrogen and oxygen atoms in total. The Morgan fingerprint density at radius 1 is 1.11 bits per heavy atom. The van der Waals surface area contributed by atoms with Crippen LogP contribution >= 0.6 is 0 Å². The van der Waals surface area contributed by atoms with Gasteiger partial charge in [0.25, 0.3) is 0 Å². The van der Waals surface area contributed by atoms with Gasteiger partial charge in [0.05, 0.1) is 17.7 Å². The number of unbranched alkanes of at least 4 members (excludes halogenated alkanes) is 2. The van der Waals surface area contributed by atoms with Gasteiger partial charge in [0.2, 0.25) is 0 Å². The third-order valence-electron chi connectivity index (χ3n) is 4.78. The summed E-state index contributed by atoms with van der Waals surface area (Å²) in [7, 11) is 0. The average Bonchev–Trinajstić information content (AvgIpc) is 2.91. The number of hydrogen-bond donors (Lipinski definition) is 3. The highest BCUT2D eigenvalue weighted by molar-refractivity contribution is 5.88. The summed E-state index contributed by atoms with van der Waals surface area (Å²) in [5.41, 5.74) is 8.48. The minimum Gasteiger partial charge on any atom is -0.389 e. The molecule has 0 atom stereocenters. The van der Waals surface area contributed by atoms with Gasteiger partial charge in [-0.05, 0) is 72.4 Å². The molecule has 0 aliphatic heterocycles. The maximum Gasteiger partial charge on any atom is 0.151 e. The number of pyridine rings is 1. The number of aliphatic hydroxyl groups is 1. The van der Waals surface area contributed by atoms with Crippen molar-refractivity contribution in [1.29, 1.82) is 0 Å². The Morgan fingerprint density at radius 3 is 2.43 bits per heavy atom. The molecule has 2 rings (SSSR count). The minimum absolute atomic E-state index is 0.148. The Morgan fingerprint density at radius 2 is 1.82 bits per heavy atom. The molecule has 0 aliphatic rings. The number of nitrogen functional groups attached to an aromatic ring is 1. The van der Waals surface area contributed by atoms with Crippen LogP contribution < -0.4 is 11.1 Å². The van der Waals surface area contributed by atoms with Crippen LogP contribution in [-0.4, -0.2) is 37.3 Å². The Kier molecular flexibility index (Phi) is 7.46. The summed E-state index contributed by atoms with van der Waals surface area (Å²) in [4.78, 5) is 9.22. The van der Waals surface area contributed by atoms with Crippen LogP contribution in [-0.2, 0) is 19.4 Å². The van der Waals surface area contributed by atoms with Gasteiger partial charge in [0.1, 0.15) is 11.3 Å². The molecule has 0 amide bonds. The second kappa shape index (κ2) is 9.23. The minimum atomic E-state index is -0.819. The number of nitrogens with one attached hydrogen (secondary N) is 1. The molecule has 0 radical (unpaired) electrons. The van der Waals surface area contributed by atoms with Crippen LogP contribution in [0.25, 0.3) is 11.0 Å². The van der Waals surface area contributed by atoms with Crippen LogP contribution in [0.2, 0.25) is 0 Å². The van der Waals surface area contributed by atoms with Crippen LogP contribution in [0.5, 0.6) is 0 Å². The zero-order valence-corrected chi connectivity index (χ0v) is 18.6. The predicted molar refractivity (Wildman–Crippen MR) is 118 cm³/mol. The Balaban J connectivity index is 2.29. The van der Waals surface area contributed by atoms with Crippen molar-refractivity contribution in [3.63, 3.8) is 0 Å². The van der Waals surface area contributed by atoms with E-state index < -0.39 is 5.60 Å². The first kappa shape index (κ1) is 22.6. The number of imidazole rings is 1. The zero-order chi connectivity index (χ0) is 20.9. The Bertz CT molecular complexity index is 768. The molecule has 158 valence electrons. The molecule has 0 unspecified atom stereocenters. The largest absolute Gasteiger partial charge is 0.389 e. The van der Waals surface area contributed by atoms with E-state index in [4.69, 9.17) is 10.7 Å². The van der Waals surface area contributed by atoms with Crippen molar-refractivity contribution < 1.29 is 5.11 Å². The highest BCUT2D eigenvalue weighted by atomic mass is 16.3. The van der Waals surface area contributed by atoms with Crippen molar-refractivity contribution >= 4 is 16.9 Å². The molecular formula is C22H39N5O. The van der Waals surface area contributed by atoms with Gasteiger partial charge in [-0.15, -0.1) is 0 Å². The van der Waals surface area contributed by atoms with Crippen LogP contribution in [0, 0.1) is 0 Å². The van der Waals surface area contributed by atoms with Crippen LogP contribution in [0.3, 0.4) is 0 Å². The summed E-state index contributed by atoms with van der Waals surface area (Å²) in [6.07, 6.45) is 8.05. The van der Waals surface area contributed by atoms with Crippen molar-refractivity contribution in [2.45, 2.75) is 97.8 Å². The van der Waals surface area contributed by atoms with E-state index in [-0.39, 0.29) is 5.54 Å². The molecule has 2 aromatic rings. The highest BCUT2D eigenvalue weighted by Crippen LogP contribution is 2.27. The standard InChI is InChI=1S/C22H39N5O/c1-7-8-12-17-26-18-19(27(17)15-22(5,6)28)16(14-24-20(18)23)11-9-10-13-25-21(2,3)4/h14,25,28H,7-13,15H2,1-6H3,(H2,23,24). The summed E-state index contributed by atoms with van der Waals surface area (Å²) < 4.78 is 2.17. The smallest absolute Gasteiger partial charge is 0.151 e. The van der Waals surface area contributed by atoms with Crippen LogP contribution in [0.15, 0.2) is 6.20 Å². The van der Waals surface area contributed by atoms with E-state index in [1.807, 2.05) is 20.0 Å². The van der Waals surface area contributed by atoms with Crippen LogP contribution in [0.1, 0.15) is 78.6 Å². The monoisotopic (exact) mass is 389 g/mol. The van der Waals surface area contributed by atoms with Crippen molar-refractivity contribution in [3.05, 3.63) is 17.6 Å². The molecule has 0 spiro atoms. The molecule has 4 N–H and O–H groups in total. The van der Waals surface area contributed by atoms with Gasteiger partial charge in [-0.1, -0.05) is 13.3 Å². The lowest BCUT2D eigenvalue weighted by molar-refractivity contribution is 0.0617. The number of rotatable bonds is 10. The Labute approximate surface area is 169 Å². The summed E-state index contributed by atoms with van der Waals surface area (Å²) in [5, 5.41) is 14.0. The first-order valence-electron chi connectivity index (χ1n) is 10.6. The second-order valence-corrected chi connectivity index (χ2v) is 9.53. The maximum atomic E-state index is 10.5. The number of fused-ring (bicyclic) bond motifs is 1. The van der Waals surface area contributed by atoms with Crippen molar-refractivity contribution in [2.24, 2.45) is 0 Å². The SMILES string of the molecule is CCCCc1nc2c(N)ncc(CCCCNC(C)(C)C)c2n1CC(C)(C)O. The molecular weight excluding hydrogens is 350 g/mol. The summed E-state index contributed by atoms with van der Waals surface area (Å²) in [6.45, 7) is 13.9. The molecule has 0 aromatic carbocycles. The fourth-order valence-electron chi connectivity index (χ4n) is 3.44. The molecule has 2 aromatic heterocycles. The van der Waals surface area contributed by atoms with E-state index in [1.54, 1.807) is 0 Å². The van der Waals surface area contributed by atoms with Gasteiger partial charge < -0.3 is 20.7 Å². The van der Waals surface area contributed by atoms with E-state index >= 15 is 0 Å². The zero-order valence-electron chi connectivity index (χ0n) is 18.6. The predicted octanol–water partition coefficient (Wildman–Crippen LogP) is 3.84. The van der Waals surface area contributed by atoms with E-state index in [2.05, 4.69) is 42.6 Å². The number of aryl methyl sites for hydroxylation is 2.